The van der Waals surface area contributed by atoms with Crippen molar-refractivity contribution in [2.75, 3.05) is 66.2 Å². The number of aromatic nitrogens is 1. The third-order valence-electron chi connectivity index (χ3n) is 7.98. The SMILES string of the molecule is CCOC(=O)C(=NOCc1ccc(OCOCCOC)c(OCOCCOC)c1)c1csc(NC(c2ccccc2)(c2ccccc2)c2ccccc2)n1. The first-order chi connectivity index (χ1) is 26.6. The highest BCUT2D eigenvalue weighted by atomic mass is 32.1. The molecular formula is C41H45N3O9S. The van der Waals surface area contributed by atoms with E-state index in [4.69, 9.17) is 43.0 Å². The Morgan fingerprint density at radius 1 is 0.741 bits per heavy atom. The van der Waals surface area contributed by atoms with Gasteiger partial charge in [0.15, 0.2) is 30.2 Å². The number of rotatable bonds is 23. The van der Waals surface area contributed by atoms with Crippen LogP contribution in [0.3, 0.4) is 0 Å². The van der Waals surface area contributed by atoms with Gasteiger partial charge in [-0.25, -0.2) is 9.78 Å². The van der Waals surface area contributed by atoms with Gasteiger partial charge in [-0.3, -0.25) is 0 Å². The Balaban J connectivity index is 1.39. The van der Waals surface area contributed by atoms with Gasteiger partial charge in [-0.2, -0.15) is 0 Å². The number of carbonyl (C=O) groups is 1. The van der Waals surface area contributed by atoms with Crippen LogP contribution < -0.4 is 14.8 Å². The molecule has 284 valence electrons. The van der Waals surface area contributed by atoms with Gasteiger partial charge in [-0.05, 0) is 41.3 Å². The summed E-state index contributed by atoms with van der Waals surface area (Å²) in [7, 11) is 3.19. The van der Waals surface area contributed by atoms with Gasteiger partial charge in [0, 0.05) is 19.6 Å². The van der Waals surface area contributed by atoms with Crippen LogP contribution >= 0.6 is 11.3 Å². The Kier molecular flexibility index (Phi) is 15.8. The molecule has 0 bridgehead atoms. The maximum Gasteiger partial charge on any atom is 0.362 e. The van der Waals surface area contributed by atoms with E-state index >= 15 is 0 Å². The van der Waals surface area contributed by atoms with Gasteiger partial charge < -0.3 is 43.3 Å². The summed E-state index contributed by atoms with van der Waals surface area (Å²) in [4.78, 5) is 23.8. The number of esters is 1. The lowest BCUT2D eigenvalue weighted by Gasteiger charge is -2.36. The lowest BCUT2D eigenvalue weighted by atomic mass is 9.77. The van der Waals surface area contributed by atoms with Crippen molar-refractivity contribution >= 4 is 28.1 Å². The molecule has 0 amide bonds. The molecule has 0 saturated heterocycles. The first-order valence-corrected chi connectivity index (χ1v) is 18.3. The predicted molar refractivity (Wildman–Crippen MR) is 206 cm³/mol. The molecule has 12 nitrogen and oxygen atoms in total. The molecule has 0 aliphatic carbocycles. The number of ether oxygens (including phenoxy) is 7. The zero-order chi connectivity index (χ0) is 37.9. The summed E-state index contributed by atoms with van der Waals surface area (Å²) in [6, 6.07) is 35.8. The second-order valence-electron chi connectivity index (χ2n) is 11.6. The molecule has 13 heteroatoms. The van der Waals surface area contributed by atoms with Gasteiger partial charge in [0.1, 0.15) is 17.8 Å². The molecule has 1 aromatic heterocycles. The van der Waals surface area contributed by atoms with Crippen LogP contribution in [0.15, 0.2) is 120 Å². The van der Waals surface area contributed by atoms with E-state index in [0.717, 1.165) is 16.7 Å². The molecule has 0 fully saturated rings. The fourth-order valence-electron chi connectivity index (χ4n) is 5.43. The average molecular weight is 756 g/mol. The first kappa shape index (κ1) is 39.9. The zero-order valence-corrected chi connectivity index (χ0v) is 31.4. The molecule has 0 spiro atoms. The van der Waals surface area contributed by atoms with Crippen LogP contribution in [0, 0.1) is 0 Å². The number of nitrogens with zero attached hydrogens (tertiary/aromatic N) is 2. The molecule has 0 aliphatic rings. The molecule has 54 heavy (non-hydrogen) atoms. The van der Waals surface area contributed by atoms with Crippen molar-refractivity contribution < 1.29 is 42.8 Å². The zero-order valence-electron chi connectivity index (χ0n) is 30.6. The number of benzene rings is 4. The second-order valence-corrected chi connectivity index (χ2v) is 12.4. The van der Waals surface area contributed by atoms with E-state index < -0.39 is 11.5 Å². The average Bonchev–Trinajstić information content (AvgIpc) is 3.68. The van der Waals surface area contributed by atoms with Crippen LogP contribution in [0.2, 0.25) is 0 Å². The minimum atomic E-state index is -0.808. The summed E-state index contributed by atoms with van der Waals surface area (Å²) in [5.41, 5.74) is 3.17. The van der Waals surface area contributed by atoms with Crippen LogP contribution in [0.1, 0.15) is 34.9 Å². The van der Waals surface area contributed by atoms with Gasteiger partial charge >= 0.3 is 5.97 Å². The van der Waals surface area contributed by atoms with Crippen LogP contribution in [0.4, 0.5) is 5.13 Å². The van der Waals surface area contributed by atoms with Crippen molar-refractivity contribution in [3.05, 3.63) is 143 Å². The number of carbonyl (C=O) groups excluding carboxylic acids is 1. The maximum atomic E-state index is 13.2. The molecule has 1 heterocycles. The molecule has 0 saturated carbocycles. The van der Waals surface area contributed by atoms with Gasteiger partial charge in [-0.15, -0.1) is 11.3 Å². The number of anilines is 1. The minimum absolute atomic E-state index is 0.000937. The van der Waals surface area contributed by atoms with E-state index in [0.29, 0.717) is 54.3 Å². The predicted octanol–water partition coefficient (Wildman–Crippen LogP) is 7.03. The third-order valence-corrected chi connectivity index (χ3v) is 8.74. The fourth-order valence-corrected chi connectivity index (χ4v) is 6.18. The van der Waals surface area contributed by atoms with Crippen molar-refractivity contribution in [2.45, 2.75) is 19.1 Å². The summed E-state index contributed by atoms with van der Waals surface area (Å²) in [6.45, 7) is 3.47. The lowest BCUT2D eigenvalue weighted by Crippen LogP contribution is -2.38. The van der Waals surface area contributed by atoms with Gasteiger partial charge in [0.2, 0.25) is 5.71 Å². The van der Waals surface area contributed by atoms with E-state index in [-0.39, 0.29) is 32.5 Å². The van der Waals surface area contributed by atoms with E-state index in [1.807, 2.05) is 54.6 Å². The minimum Gasteiger partial charge on any atom is -0.464 e. The summed E-state index contributed by atoms with van der Waals surface area (Å²) in [5.74, 6) is 0.193. The van der Waals surface area contributed by atoms with Crippen molar-refractivity contribution in [1.82, 2.24) is 4.98 Å². The largest absolute Gasteiger partial charge is 0.464 e. The summed E-state index contributed by atoms with van der Waals surface area (Å²) < 4.78 is 37.9. The number of thiazole rings is 1. The molecule has 4 aromatic carbocycles. The van der Waals surface area contributed by atoms with Crippen molar-refractivity contribution in [1.29, 1.82) is 0 Å². The number of hydrogen-bond donors (Lipinski definition) is 1. The number of hydrogen-bond acceptors (Lipinski definition) is 13. The summed E-state index contributed by atoms with van der Waals surface area (Å²) in [6.07, 6.45) is 0. The first-order valence-electron chi connectivity index (χ1n) is 17.4. The highest BCUT2D eigenvalue weighted by Gasteiger charge is 2.37. The number of oxime groups is 1. The van der Waals surface area contributed by atoms with E-state index in [9.17, 15) is 4.79 Å². The Bertz CT molecular complexity index is 1780. The van der Waals surface area contributed by atoms with Gasteiger partial charge in [0.05, 0.1) is 33.0 Å². The molecule has 0 unspecified atom stereocenters. The quantitative estimate of drug-likeness (QED) is 0.0184. The van der Waals surface area contributed by atoms with Crippen LogP contribution in [-0.4, -0.2) is 77.5 Å². The molecule has 0 aliphatic heterocycles. The smallest absolute Gasteiger partial charge is 0.362 e. The molecule has 5 rings (SSSR count). The molecular weight excluding hydrogens is 711 g/mol. The third kappa shape index (κ3) is 10.9. The number of methoxy groups -OCH3 is 2. The van der Waals surface area contributed by atoms with Crippen LogP contribution in [0.25, 0.3) is 0 Å². The number of nitrogens with one attached hydrogen (secondary N) is 1. The van der Waals surface area contributed by atoms with Gasteiger partial charge in [-0.1, -0.05) is 102 Å². The molecule has 0 atom stereocenters. The van der Waals surface area contributed by atoms with Crippen molar-refractivity contribution in [2.24, 2.45) is 5.16 Å². The standard InChI is InChI=1S/C41H45N3O9S/c1-4-50-39(45)38(44-53-27-31-20-21-36(51-29-48-24-22-46-2)37(26-31)52-30-49-25-23-47-3)35-28-54-40(42-35)43-41(32-14-8-5-9-15-32,33-16-10-6-11-17-33)34-18-12-7-13-19-34/h5-21,26,28H,4,22-25,27,29-30H2,1-3H3,(H,42,43). The van der Waals surface area contributed by atoms with Crippen molar-refractivity contribution in [3.8, 4) is 11.5 Å². The topological polar surface area (TPSA) is 128 Å². The highest BCUT2D eigenvalue weighted by molar-refractivity contribution is 7.14. The van der Waals surface area contributed by atoms with Crippen molar-refractivity contribution in [3.63, 3.8) is 0 Å². The molecule has 0 radical (unpaired) electrons. The fraction of sp³-hybridized carbons (Fsp3) is 0.293. The highest BCUT2D eigenvalue weighted by Crippen LogP contribution is 2.40. The summed E-state index contributed by atoms with van der Waals surface area (Å²) in [5, 5.41) is 10.3. The second kappa shape index (κ2) is 21.4. The van der Waals surface area contributed by atoms with Gasteiger partial charge in [0.25, 0.3) is 0 Å². The summed E-state index contributed by atoms with van der Waals surface area (Å²) >= 11 is 1.35. The van der Waals surface area contributed by atoms with E-state index in [1.54, 1.807) is 44.7 Å². The maximum absolute atomic E-state index is 13.2. The van der Waals surface area contributed by atoms with E-state index in [1.165, 1.54) is 11.3 Å². The molecule has 1 N–H and O–H groups in total. The Morgan fingerprint density at radius 2 is 1.30 bits per heavy atom. The monoisotopic (exact) mass is 755 g/mol. The van der Waals surface area contributed by atoms with Crippen LogP contribution in [0.5, 0.6) is 11.5 Å². The van der Waals surface area contributed by atoms with E-state index in [2.05, 4.69) is 46.9 Å². The normalized spacial score (nSPS) is 11.6. The lowest BCUT2D eigenvalue weighted by molar-refractivity contribution is -0.135. The molecule has 5 aromatic rings. The Labute approximate surface area is 319 Å². The Hall–Kier alpha value is -5.31. The Morgan fingerprint density at radius 3 is 1.83 bits per heavy atom. The van der Waals surface area contributed by atoms with Crippen LogP contribution in [-0.2, 0) is 45.5 Å².